The highest BCUT2D eigenvalue weighted by Crippen LogP contribution is 2.20. The van der Waals surface area contributed by atoms with Crippen LogP contribution in [0, 0.1) is 11.3 Å². The van der Waals surface area contributed by atoms with Gasteiger partial charge >= 0.3 is 0 Å². The van der Waals surface area contributed by atoms with Crippen LogP contribution in [0.4, 0.5) is 0 Å². The summed E-state index contributed by atoms with van der Waals surface area (Å²) in [4.78, 5) is 14.2. The number of nitrogens with zero attached hydrogens (tertiary/aromatic N) is 1. The van der Waals surface area contributed by atoms with Crippen molar-refractivity contribution in [3.05, 3.63) is 59.7 Å². The number of hydrazine groups is 1. The van der Waals surface area contributed by atoms with Crippen molar-refractivity contribution >= 4 is 15.9 Å². The molecule has 2 N–H and O–H groups in total. The predicted octanol–water partition coefficient (Wildman–Crippen LogP) is 2.85. The number of rotatable bonds is 8. The second-order valence-corrected chi connectivity index (χ2v) is 8.05. The molecular weight excluding hydrogens is 378 g/mol. The van der Waals surface area contributed by atoms with Gasteiger partial charge in [-0.25, -0.2) is 8.42 Å². The molecule has 0 saturated heterocycles. The van der Waals surface area contributed by atoms with Crippen LogP contribution in [0.3, 0.4) is 0 Å². The second kappa shape index (κ2) is 9.35. The lowest BCUT2D eigenvalue weighted by Crippen LogP contribution is -2.47. The minimum atomic E-state index is -3.89. The van der Waals surface area contributed by atoms with Crippen molar-refractivity contribution in [2.75, 3.05) is 0 Å². The molecule has 0 saturated carbocycles. The van der Waals surface area contributed by atoms with Crippen LogP contribution in [0.15, 0.2) is 53.4 Å². The molecule has 8 heteroatoms. The highest BCUT2D eigenvalue weighted by Gasteiger charge is 2.19. The molecule has 7 nitrogen and oxygen atoms in total. The van der Waals surface area contributed by atoms with Gasteiger partial charge in [0.25, 0.3) is 15.9 Å². The van der Waals surface area contributed by atoms with Gasteiger partial charge in [-0.1, -0.05) is 26.0 Å². The molecule has 1 amide bonds. The van der Waals surface area contributed by atoms with Gasteiger partial charge in [0.15, 0.2) is 6.10 Å². The Balaban J connectivity index is 1.95. The zero-order valence-corrected chi connectivity index (χ0v) is 16.8. The van der Waals surface area contributed by atoms with Gasteiger partial charge in [-0.2, -0.15) is 5.26 Å². The predicted molar refractivity (Wildman–Crippen MR) is 105 cm³/mol. The number of hydrogen-bond donors (Lipinski definition) is 2. The summed E-state index contributed by atoms with van der Waals surface area (Å²) in [5, 5.41) is 8.77. The van der Waals surface area contributed by atoms with Gasteiger partial charge in [-0.05, 0) is 61.2 Å². The van der Waals surface area contributed by atoms with Crippen LogP contribution in [0.1, 0.15) is 44.2 Å². The lowest BCUT2D eigenvalue weighted by atomic mass is 9.99. The van der Waals surface area contributed by atoms with E-state index >= 15 is 0 Å². The van der Waals surface area contributed by atoms with Crippen LogP contribution in [-0.2, 0) is 14.8 Å². The largest absolute Gasteiger partial charge is 0.481 e. The summed E-state index contributed by atoms with van der Waals surface area (Å²) in [6.07, 6.45) is 0.0146. The Hall–Kier alpha value is -2.89. The van der Waals surface area contributed by atoms with E-state index in [1.165, 1.54) is 19.1 Å². The number of ether oxygens (including phenoxy) is 1. The lowest BCUT2D eigenvalue weighted by Gasteiger charge is -2.15. The quantitative estimate of drug-likeness (QED) is 0.661. The van der Waals surface area contributed by atoms with E-state index in [4.69, 9.17) is 10.00 Å². The number of hydrogen-bond acceptors (Lipinski definition) is 5. The van der Waals surface area contributed by atoms with Crippen molar-refractivity contribution in [2.45, 2.75) is 44.1 Å². The molecule has 28 heavy (non-hydrogen) atoms. The Labute approximate surface area is 165 Å². The Morgan fingerprint density at radius 1 is 1.11 bits per heavy atom. The average molecular weight is 401 g/mol. The van der Waals surface area contributed by atoms with Crippen LogP contribution in [0.5, 0.6) is 5.75 Å². The van der Waals surface area contributed by atoms with Crippen LogP contribution in [-0.4, -0.2) is 20.4 Å². The molecule has 0 unspecified atom stereocenters. The molecule has 0 spiro atoms. The SMILES string of the molecule is CC[C@@H](C)c1ccc(S(=O)(=O)NNC(=O)[C@@H](C)Oc2ccc(C#N)cc2)cc1. The van der Waals surface area contributed by atoms with Crippen molar-refractivity contribution in [2.24, 2.45) is 0 Å². The number of nitrogens with one attached hydrogen (secondary N) is 2. The Morgan fingerprint density at radius 3 is 2.25 bits per heavy atom. The number of sulfonamides is 1. The van der Waals surface area contributed by atoms with E-state index in [1.54, 1.807) is 36.4 Å². The smallest absolute Gasteiger partial charge is 0.275 e. The van der Waals surface area contributed by atoms with Crippen molar-refractivity contribution in [1.82, 2.24) is 10.3 Å². The highest BCUT2D eigenvalue weighted by atomic mass is 32.2. The van der Waals surface area contributed by atoms with E-state index in [1.807, 2.05) is 6.07 Å². The number of carbonyl (C=O) groups excluding carboxylic acids is 1. The Bertz CT molecular complexity index is 948. The molecule has 2 atom stereocenters. The van der Waals surface area contributed by atoms with Crippen molar-refractivity contribution < 1.29 is 17.9 Å². The maximum absolute atomic E-state index is 12.3. The molecule has 148 valence electrons. The molecule has 0 aliphatic heterocycles. The van der Waals surface area contributed by atoms with Crippen LogP contribution in [0.2, 0.25) is 0 Å². The van der Waals surface area contributed by atoms with Crippen LogP contribution in [0.25, 0.3) is 0 Å². The fourth-order valence-electron chi connectivity index (χ4n) is 2.35. The number of benzene rings is 2. The average Bonchev–Trinajstić information content (AvgIpc) is 2.72. The first-order valence-electron chi connectivity index (χ1n) is 8.85. The second-order valence-electron chi connectivity index (χ2n) is 6.37. The maximum Gasteiger partial charge on any atom is 0.275 e. The molecule has 2 aromatic rings. The lowest BCUT2D eigenvalue weighted by molar-refractivity contribution is -0.127. The third-order valence-corrected chi connectivity index (χ3v) is 5.61. The van der Waals surface area contributed by atoms with Gasteiger partial charge in [0.05, 0.1) is 16.5 Å². The molecule has 0 fully saturated rings. The van der Waals surface area contributed by atoms with Gasteiger partial charge in [-0.15, -0.1) is 4.83 Å². The first-order valence-corrected chi connectivity index (χ1v) is 10.3. The molecule has 0 heterocycles. The van der Waals surface area contributed by atoms with Crippen LogP contribution >= 0.6 is 0 Å². The summed E-state index contributed by atoms with van der Waals surface area (Å²) in [6, 6.07) is 14.8. The first kappa shape index (κ1) is 21.4. The standard InChI is InChI=1S/C20H23N3O4S/c1-4-14(2)17-7-11-19(12-8-17)28(25,26)23-22-20(24)15(3)27-18-9-5-16(13-21)6-10-18/h5-12,14-15,23H,4H2,1-3H3,(H,22,24)/t14-,15-/m1/s1. The van der Waals surface area contributed by atoms with E-state index in [0.29, 0.717) is 17.2 Å². The van der Waals surface area contributed by atoms with Gasteiger partial charge in [0.1, 0.15) is 5.75 Å². The maximum atomic E-state index is 12.3. The Morgan fingerprint density at radius 2 is 1.71 bits per heavy atom. The van der Waals surface area contributed by atoms with Crippen LogP contribution < -0.4 is 15.0 Å². The summed E-state index contributed by atoms with van der Waals surface area (Å²) in [5.74, 6) is 0.0824. The molecule has 0 aromatic heterocycles. The van der Waals surface area contributed by atoms with Gasteiger partial charge < -0.3 is 4.74 Å². The molecule has 0 aliphatic carbocycles. The van der Waals surface area contributed by atoms with Gasteiger partial charge in [-0.3, -0.25) is 10.2 Å². The molecule has 0 radical (unpaired) electrons. The van der Waals surface area contributed by atoms with E-state index in [0.717, 1.165) is 12.0 Å². The van der Waals surface area contributed by atoms with Crippen molar-refractivity contribution in [1.29, 1.82) is 5.26 Å². The first-order chi connectivity index (χ1) is 13.3. The normalized spacial score (nSPS) is 13.2. The van der Waals surface area contributed by atoms with Crippen molar-refractivity contribution in [3.63, 3.8) is 0 Å². The summed E-state index contributed by atoms with van der Waals surface area (Å²) < 4.78 is 30.1. The molecule has 0 bridgehead atoms. The molecule has 2 rings (SSSR count). The summed E-state index contributed by atoms with van der Waals surface area (Å²) in [7, 11) is -3.89. The zero-order chi connectivity index (χ0) is 20.7. The summed E-state index contributed by atoms with van der Waals surface area (Å²) in [6.45, 7) is 5.62. The molecule has 2 aromatic carbocycles. The van der Waals surface area contributed by atoms with E-state index in [-0.39, 0.29) is 4.90 Å². The number of carbonyl (C=O) groups is 1. The monoisotopic (exact) mass is 401 g/mol. The minimum Gasteiger partial charge on any atom is -0.481 e. The fourth-order valence-corrected chi connectivity index (χ4v) is 3.20. The number of nitriles is 1. The van der Waals surface area contributed by atoms with E-state index in [2.05, 4.69) is 24.1 Å². The third-order valence-electron chi connectivity index (χ3n) is 4.35. The fraction of sp³-hybridized carbons (Fsp3) is 0.300. The molecular formula is C20H23N3O4S. The van der Waals surface area contributed by atoms with Gasteiger partial charge in [0, 0.05) is 0 Å². The zero-order valence-electron chi connectivity index (χ0n) is 16.0. The Kier molecular flexibility index (Phi) is 7.15. The summed E-state index contributed by atoms with van der Waals surface area (Å²) in [5.41, 5.74) is 3.68. The third kappa shape index (κ3) is 5.55. The molecule has 0 aliphatic rings. The summed E-state index contributed by atoms with van der Waals surface area (Å²) >= 11 is 0. The number of amides is 1. The van der Waals surface area contributed by atoms with E-state index < -0.39 is 22.0 Å². The minimum absolute atomic E-state index is 0.0560. The van der Waals surface area contributed by atoms with E-state index in [9.17, 15) is 13.2 Å². The highest BCUT2D eigenvalue weighted by molar-refractivity contribution is 7.89. The van der Waals surface area contributed by atoms with Gasteiger partial charge in [0.2, 0.25) is 0 Å². The van der Waals surface area contributed by atoms with Crippen molar-refractivity contribution in [3.8, 4) is 11.8 Å². The topological polar surface area (TPSA) is 108 Å².